The van der Waals surface area contributed by atoms with Crippen LogP contribution >= 0.6 is 0 Å². The highest BCUT2D eigenvalue weighted by molar-refractivity contribution is 4.80. The topological polar surface area (TPSA) is 50.7 Å². The molecule has 2 unspecified atom stereocenters. The fourth-order valence-corrected chi connectivity index (χ4v) is 1.57. The van der Waals surface area contributed by atoms with Crippen LogP contribution in [-0.4, -0.2) is 50.2 Å². The van der Waals surface area contributed by atoms with Gasteiger partial charge in [0.2, 0.25) is 0 Å². The Morgan fingerprint density at radius 1 is 1.60 bits per heavy atom. The smallest absolute Gasteiger partial charge is 0.0809 e. The Bertz CT molecular complexity index is 165. The molecule has 1 aliphatic heterocycles. The number of aliphatic hydroxyl groups is 1. The molecule has 0 aromatic heterocycles. The lowest BCUT2D eigenvalue weighted by Gasteiger charge is -2.26. The molecular formula is C11H23NO3. The second-order valence-electron chi connectivity index (χ2n) is 4.43. The Morgan fingerprint density at radius 2 is 2.40 bits per heavy atom. The van der Waals surface area contributed by atoms with Crippen molar-refractivity contribution in [3.8, 4) is 0 Å². The second kappa shape index (κ2) is 6.43. The largest absolute Gasteiger partial charge is 0.394 e. The second-order valence-corrected chi connectivity index (χ2v) is 4.43. The molecule has 2 N–H and O–H groups in total. The van der Waals surface area contributed by atoms with Crippen molar-refractivity contribution < 1.29 is 14.6 Å². The summed E-state index contributed by atoms with van der Waals surface area (Å²) in [7, 11) is 1.86. The minimum absolute atomic E-state index is 0.132. The summed E-state index contributed by atoms with van der Waals surface area (Å²) in [6, 6.07) is 0. The third-order valence-electron chi connectivity index (χ3n) is 3.08. The molecular weight excluding hydrogens is 194 g/mol. The zero-order valence-electron chi connectivity index (χ0n) is 9.79. The molecule has 0 amide bonds. The van der Waals surface area contributed by atoms with Crippen molar-refractivity contribution in [1.82, 2.24) is 5.32 Å². The third-order valence-corrected chi connectivity index (χ3v) is 3.08. The van der Waals surface area contributed by atoms with Crippen LogP contribution in [0.3, 0.4) is 0 Å². The summed E-state index contributed by atoms with van der Waals surface area (Å²) in [5.41, 5.74) is -0.226. The van der Waals surface area contributed by atoms with Crippen molar-refractivity contribution in [1.29, 1.82) is 0 Å². The van der Waals surface area contributed by atoms with Gasteiger partial charge in [0.15, 0.2) is 0 Å². The lowest BCUT2D eigenvalue weighted by molar-refractivity contribution is 0.00810. The summed E-state index contributed by atoms with van der Waals surface area (Å²) in [5, 5.41) is 12.2. The zero-order valence-corrected chi connectivity index (χ0v) is 9.79. The van der Waals surface area contributed by atoms with Gasteiger partial charge < -0.3 is 19.9 Å². The van der Waals surface area contributed by atoms with Gasteiger partial charge in [-0.15, -0.1) is 0 Å². The van der Waals surface area contributed by atoms with Crippen molar-refractivity contribution in [3.63, 3.8) is 0 Å². The molecule has 0 bridgehead atoms. The zero-order chi connectivity index (χ0) is 11.1. The van der Waals surface area contributed by atoms with Crippen LogP contribution in [0.1, 0.15) is 26.2 Å². The minimum Gasteiger partial charge on any atom is -0.394 e. The number of likely N-dealkylation sites (N-methyl/N-ethyl adjacent to an activating group) is 1. The Morgan fingerprint density at radius 3 is 2.93 bits per heavy atom. The molecule has 1 fully saturated rings. The molecule has 1 saturated heterocycles. The van der Waals surface area contributed by atoms with E-state index in [0.717, 1.165) is 25.9 Å². The molecule has 0 aromatic rings. The molecule has 0 spiro atoms. The first-order chi connectivity index (χ1) is 7.20. The molecule has 1 aliphatic rings. The number of ether oxygens (including phenoxy) is 2. The Kier molecular flexibility index (Phi) is 5.53. The van der Waals surface area contributed by atoms with Crippen molar-refractivity contribution in [2.24, 2.45) is 0 Å². The van der Waals surface area contributed by atoms with E-state index in [1.165, 1.54) is 0 Å². The molecule has 4 heteroatoms. The van der Waals surface area contributed by atoms with Gasteiger partial charge >= 0.3 is 0 Å². The van der Waals surface area contributed by atoms with Gasteiger partial charge in [-0.2, -0.15) is 0 Å². The monoisotopic (exact) mass is 217 g/mol. The maximum atomic E-state index is 9.15. The Labute approximate surface area is 92.0 Å². The molecule has 1 rings (SSSR count). The number of nitrogens with one attached hydrogen (secondary N) is 1. The van der Waals surface area contributed by atoms with Gasteiger partial charge in [-0.1, -0.05) is 0 Å². The fourth-order valence-electron chi connectivity index (χ4n) is 1.57. The van der Waals surface area contributed by atoms with E-state index in [1.807, 2.05) is 14.0 Å². The summed E-state index contributed by atoms with van der Waals surface area (Å²) >= 11 is 0. The predicted molar refractivity (Wildman–Crippen MR) is 59.0 cm³/mol. The maximum Gasteiger partial charge on any atom is 0.0809 e. The first-order valence-electron chi connectivity index (χ1n) is 5.69. The molecule has 0 aliphatic carbocycles. The predicted octanol–water partition coefficient (Wildman–Crippen LogP) is 0.542. The van der Waals surface area contributed by atoms with E-state index in [0.29, 0.717) is 19.3 Å². The average molecular weight is 217 g/mol. The third kappa shape index (κ3) is 4.47. The molecule has 2 atom stereocenters. The standard InChI is InChI=1S/C11H23NO3/c1-11(9-13,12-2)5-7-14-8-10-4-3-6-15-10/h10,12-13H,3-9H2,1-2H3. The highest BCUT2D eigenvalue weighted by Crippen LogP contribution is 2.13. The first-order valence-corrected chi connectivity index (χ1v) is 5.69. The van der Waals surface area contributed by atoms with Crippen LogP contribution in [0, 0.1) is 0 Å². The summed E-state index contributed by atoms with van der Waals surface area (Å²) in [6.45, 7) is 4.34. The van der Waals surface area contributed by atoms with E-state index in [4.69, 9.17) is 14.6 Å². The Balaban J connectivity index is 2.04. The van der Waals surface area contributed by atoms with E-state index in [-0.39, 0.29) is 12.1 Å². The van der Waals surface area contributed by atoms with Crippen LogP contribution in [0.5, 0.6) is 0 Å². The van der Waals surface area contributed by atoms with Crippen molar-refractivity contribution in [3.05, 3.63) is 0 Å². The quantitative estimate of drug-likeness (QED) is 0.611. The summed E-state index contributed by atoms with van der Waals surface area (Å²) < 4.78 is 11.0. The van der Waals surface area contributed by atoms with E-state index in [2.05, 4.69) is 5.32 Å². The van der Waals surface area contributed by atoms with Gasteiger partial charge in [0, 0.05) is 18.8 Å². The van der Waals surface area contributed by atoms with Gasteiger partial charge in [-0.05, 0) is 33.2 Å². The molecule has 0 saturated carbocycles. The Hall–Kier alpha value is -0.160. The van der Waals surface area contributed by atoms with Crippen LogP contribution in [0.2, 0.25) is 0 Å². The van der Waals surface area contributed by atoms with Gasteiger partial charge in [0.25, 0.3) is 0 Å². The number of aliphatic hydroxyl groups excluding tert-OH is 1. The number of hydrogen-bond donors (Lipinski definition) is 2. The van der Waals surface area contributed by atoms with E-state index >= 15 is 0 Å². The summed E-state index contributed by atoms with van der Waals surface area (Å²) in [6.07, 6.45) is 3.37. The van der Waals surface area contributed by atoms with Gasteiger partial charge in [0.05, 0.1) is 19.3 Å². The highest BCUT2D eigenvalue weighted by Gasteiger charge is 2.21. The van der Waals surface area contributed by atoms with Gasteiger partial charge in [-0.25, -0.2) is 0 Å². The van der Waals surface area contributed by atoms with Crippen LogP contribution < -0.4 is 5.32 Å². The molecule has 1 heterocycles. The summed E-state index contributed by atoms with van der Waals surface area (Å²) in [4.78, 5) is 0. The van der Waals surface area contributed by atoms with Gasteiger partial charge in [0.1, 0.15) is 0 Å². The number of hydrogen-bond acceptors (Lipinski definition) is 4. The van der Waals surface area contributed by atoms with Crippen molar-refractivity contribution in [2.75, 3.05) is 33.5 Å². The lowest BCUT2D eigenvalue weighted by Crippen LogP contribution is -2.44. The first kappa shape index (κ1) is 12.9. The molecule has 4 nitrogen and oxygen atoms in total. The van der Waals surface area contributed by atoms with E-state index in [9.17, 15) is 0 Å². The van der Waals surface area contributed by atoms with Crippen LogP contribution in [-0.2, 0) is 9.47 Å². The average Bonchev–Trinajstić information content (AvgIpc) is 2.77. The molecule has 0 aromatic carbocycles. The highest BCUT2D eigenvalue weighted by atomic mass is 16.5. The van der Waals surface area contributed by atoms with E-state index in [1.54, 1.807) is 0 Å². The normalized spacial score (nSPS) is 25.4. The molecule has 0 radical (unpaired) electrons. The molecule has 15 heavy (non-hydrogen) atoms. The SMILES string of the molecule is CNC(C)(CO)CCOCC1CCCO1. The fraction of sp³-hybridized carbons (Fsp3) is 1.00. The number of rotatable bonds is 7. The van der Waals surface area contributed by atoms with Crippen molar-refractivity contribution in [2.45, 2.75) is 37.8 Å². The maximum absolute atomic E-state index is 9.15. The van der Waals surface area contributed by atoms with Crippen LogP contribution in [0.15, 0.2) is 0 Å². The lowest BCUT2D eigenvalue weighted by atomic mass is 10.0. The van der Waals surface area contributed by atoms with Crippen LogP contribution in [0.25, 0.3) is 0 Å². The molecule has 90 valence electrons. The van der Waals surface area contributed by atoms with E-state index < -0.39 is 0 Å². The van der Waals surface area contributed by atoms with Gasteiger partial charge in [-0.3, -0.25) is 0 Å². The minimum atomic E-state index is -0.226. The summed E-state index contributed by atoms with van der Waals surface area (Å²) in [5.74, 6) is 0. The van der Waals surface area contributed by atoms with Crippen molar-refractivity contribution >= 4 is 0 Å². The van der Waals surface area contributed by atoms with Crippen LogP contribution in [0.4, 0.5) is 0 Å².